The smallest absolute Gasteiger partial charge is 0.309 e. The molecule has 0 spiro atoms. The first kappa shape index (κ1) is 16.4. The van der Waals surface area contributed by atoms with Crippen molar-refractivity contribution in [3.8, 4) is 0 Å². The van der Waals surface area contributed by atoms with Gasteiger partial charge in [0.2, 0.25) is 0 Å². The van der Waals surface area contributed by atoms with Crippen LogP contribution in [0.3, 0.4) is 0 Å². The summed E-state index contributed by atoms with van der Waals surface area (Å²) in [5, 5.41) is 3.37. The van der Waals surface area contributed by atoms with Crippen molar-refractivity contribution in [2.45, 2.75) is 40.7 Å². The average molecular weight is 245 g/mol. The van der Waals surface area contributed by atoms with Crippen molar-refractivity contribution in [1.82, 2.24) is 5.32 Å². The fourth-order valence-corrected chi connectivity index (χ4v) is 1.43. The van der Waals surface area contributed by atoms with E-state index in [1.54, 1.807) is 0 Å². The fourth-order valence-electron chi connectivity index (χ4n) is 1.43. The first-order valence-electron chi connectivity index (χ1n) is 6.50. The molecule has 4 heteroatoms. The Hall–Kier alpha value is -0.610. The van der Waals surface area contributed by atoms with Crippen LogP contribution in [0.2, 0.25) is 0 Å². The summed E-state index contributed by atoms with van der Waals surface area (Å²) < 4.78 is 10.4. The van der Waals surface area contributed by atoms with Crippen LogP contribution >= 0.6 is 0 Å². The molecule has 0 aliphatic carbocycles. The van der Waals surface area contributed by atoms with Crippen LogP contribution in [-0.4, -0.2) is 38.4 Å². The Kier molecular flexibility index (Phi) is 9.09. The van der Waals surface area contributed by atoms with Gasteiger partial charge in [-0.3, -0.25) is 4.79 Å². The third-order valence-corrected chi connectivity index (χ3v) is 2.68. The van der Waals surface area contributed by atoms with Gasteiger partial charge in [0.15, 0.2) is 0 Å². The summed E-state index contributed by atoms with van der Waals surface area (Å²) in [6.45, 7) is 12.5. The lowest BCUT2D eigenvalue weighted by Gasteiger charge is -2.23. The summed E-state index contributed by atoms with van der Waals surface area (Å²) in [5.74, 6) is 0.229. The Morgan fingerprint density at radius 3 is 2.29 bits per heavy atom. The van der Waals surface area contributed by atoms with E-state index in [1.807, 2.05) is 20.8 Å². The van der Waals surface area contributed by atoms with Crippen LogP contribution in [0.15, 0.2) is 0 Å². The summed E-state index contributed by atoms with van der Waals surface area (Å²) in [7, 11) is 0. The molecular formula is C13H27NO3. The number of ether oxygens (including phenoxy) is 2. The molecule has 0 aromatic carbocycles. The standard InChI is InChI=1S/C13H27NO3/c1-6-16-9-12(10(3)4)14-8-11(5)13(15)17-7-2/h10-12,14H,6-9H2,1-5H3. The van der Waals surface area contributed by atoms with Gasteiger partial charge in [0, 0.05) is 19.2 Å². The van der Waals surface area contributed by atoms with Crippen LogP contribution in [0.4, 0.5) is 0 Å². The van der Waals surface area contributed by atoms with Crippen molar-refractivity contribution in [2.75, 3.05) is 26.4 Å². The molecule has 0 fully saturated rings. The lowest BCUT2D eigenvalue weighted by molar-refractivity contribution is -0.147. The van der Waals surface area contributed by atoms with Crippen LogP contribution in [0.25, 0.3) is 0 Å². The summed E-state index contributed by atoms with van der Waals surface area (Å²) in [6, 6.07) is 0.284. The molecule has 0 bridgehead atoms. The molecule has 0 aliphatic rings. The molecule has 2 atom stereocenters. The molecule has 2 unspecified atom stereocenters. The maximum atomic E-state index is 11.4. The van der Waals surface area contributed by atoms with Gasteiger partial charge >= 0.3 is 5.97 Å². The van der Waals surface area contributed by atoms with Gasteiger partial charge in [-0.15, -0.1) is 0 Å². The van der Waals surface area contributed by atoms with Gasteiger partial charge in [-0.25, -0.2) is 0 Å². The predicted molar refractivity (Wildman–Crippen MR) is 68.9 cm³/mol. The zero-order valence-electron chi connectivity index (χ0n) is 11.8. The highest BCUT2D eigenvalue weighted by molar-refractivity contribution is 5.72. The van der Waals surface area contributed by atoms with Crippen LogP contribution < -0.4 is 5.32 Å². The SMILES string of the molecule is CCOCC(NCC(C)C(=O)OCC)C(C)C. The topological polar surface area (TPSA) is 47.6 Å². The predicted octanol–water partition coefficient (Wildman–Crippen LogP) is 1.84. The number of esters is 1. The maximum absolute atomic E-state index is 11.4. The third kappa shape index (κ3) is 7.34. The van der Waals surface area contributed by atoms with E-state index in [4.69, 9.17) is 9.47 Å². The number of carbonyl (C=O) groups excluding carboxylic acids is 1. The van der Waals surface area contributed by atoms with E-state index in [1.165, 1.54) is 0 Å². The van der Waals surface area contributed by atoms with Gasteiger partial charge in [-0.2, -0.15) is 0 Å². The summed E-state index contributed by atoms with van der Waals surface area (Å²) in [4.78, 5) is 11.4. The van der Waals surface area contributed by atoms with Crippen molar-refractivity contribution in [2.24, 2.45) is 11.8 Å². The van der Waals surface area contributed by atoms with E-state index in [0.29, 0.717) is 25.7 Å². The molecule has 0 amide bonds. The molecule has 0 saturated heterocycles. The van der Waals surface area contributed by atoms with E-state index < -0.39 is 0 Å². The Labute approximate surface area is 105 Å². The van der Waals surface area contributed by atoms with E-state index in [9.17, 15) is 4.79 Å². The highest BCUT2D eigenvalue weighted by Gasteiger charge is 2.18. The van der Waals surface area contributed by atoms with Crippen molar-refractivity contribution >= 4 is 5.97 Å². The molecule has 0 radical (unpaired) electrons. The van der Waals surface area contributed by atoms with Crippen molar-refractivity contribution < 1.29 is 14.3 Å². The second kappa shape index (κ2) is 9.42. The third-order valence-electron chi connectivity index (χ3n) is 2.68. The van der Waals surface area contributed by atoms with Crippen LogP contribution in [-0.2, 0) is 14.3 Å². The highest BCUT2D eigenvalue weighted by Crippen LogP contribution is 2.04. The van der Waals surface area contributed by atoms with Crippen LogP contribution in [0.1, 0.15) is 34.6 Å². The monoisotopic (exact) mass is 245 g/mol. The molecule has 17 heavy (non-hydrogen) atoms. The summed E-state index contributed by atoms with van der Waals surface area (Å²) in [5.41, 5.74) is 0. The normalized spacial score (nSPS) is 14.7. The molecule has 102 valence electrons. The van der Waals surface area contributed by atoms with Gasteiger partial charge in [-0.1, -0.05) is 20.8 Å². The largest absolute Gasteiger partial charge is 0.466 e. The Bertz CT molecular complexity index is 207. The van der Waals surface area contributed by atoms with Gasteiger partial charge < -0.3 is 14.8 Å². The molecule has 0 heterocycles. The molecular weight excluding hydrogens is 218 g/mol. The quantitative estimate of drug-likeness (QED) is 0.630. The number of nitrogens with one attached hydrogen (secondary N) is 1. The number of hydrogen-bond donors (Lipinski definition) is 1. The zero-order chi connectivity index (χ0) is 13.3. The lowest BCUT2D eigenvalue weighted by Crippen LogP contribution is -2.41. The average Bonchev–Trinajstić information content (AvgIpc) is 2.28. The Balaban J connectivity index is 3.98. The minimum Gasteiger partial charge on any atom is -0.466 e. The van der Waals surface area contributed by atoms with Gasteiger partial charge in [0.05, 0.1) is 19.1 Å². The van der Waals surface area contributed by atoms with Gasteiger partial charge in [-0.05, 0) is 19.8 Å². The molecule has 0 aromatic heterocycles. The summed E-state index contributed by atoms with van der Waals surface area (Å²) in [6.07, 6.45) is 0. The van der Waals surface area contributed by atoms with E-state index >= 15 is 0 Å². The van der Waals surface area contributed by atoms with Crippen molar-refractivity contribution in [1.29, 1.82) is 0 Å². The first-order valence-corrected chi connectivity index (χ1v) is 6.50. The Morgan fingerprint density at radius 2 is 1.82 bits per heavy atom. The molecule has 0 aliphatic heterocycles. The number of carbonyl (C=O) groups is 1. The summed E-state index contributed by atoms with van der Waals surface area (Å²) >= 11 is 0. The van der Waals surface area contributed by atoms with Gasteiger partial charge in [0.1, 0.15) is 0 Å². The van der Waals surface area contributed by atoms with Crippen LogP contribution in [0.5, 0.6) is 0 Å². The molecule has 0 saturated carbocycles. The maximum Gasteiger partial charge on any atom is 0.309 e. The fraction of sp³-hybridized carbons (Fsp3) is 0.923. The second-order valence-corrected chi connectivity index (χ2v) is 4.57. The minimum absolute atomic E-state index is 0.113. The highest BCUT2D eigenvalue weighted by atomic mass is 16.5. The zero-order valence-corrected chi connectivity index (χ0v) is 11.8. The van der Waals surface area contributed by atoms with E-state index in [-0.39, 0.29) is 17.9 Å². The lowest BCUT2D eigenvalue weighted by atomic mass is 10.0. The molecule has 4 nitrogen and oxygen atoms in total. The van der Waals surface area contributed by atoms with Gasteiger partial charge in [0.25, 0.3) is 0 Å². The van der Waals surface area contributed by atoms with E-state index in [2.05, 4.69) is 19.2 Å². The van der Waals surface area contributed by atoms with Crippen molar-refractivity contribution in [3.63, 3.8) is 0 Å². The minimum atomic E-state index is -0.140. The molecule has 1 N–H and O–H groups in total. The number of hydrogen-bond acceptors (Lipinski definition) is 4. The first-order chi connectivity index (χ1) is 8.02. The van der Waals surface area contributed by atoms with Crippen molar-refractivity contribution in [3.05, 3.63) is 0 Å². The Morgan fingerprint density at radius 1 is 1.18 bits per heavy atom. The molecule has 0 rings (SSSR count). The molecule has 0 aromatic rings. The second-order valence-electron chi connectivity index (χ2n) is 4.57. The van der Waals surface area contributed by atoms with Crippen LogP contribution in [0, 0.1) is 11.8 Å². The number of rotatable bonds is 9. The van der Waals surface area contributed by atoms with E-state index in [0.717, 1.165) is 6.61 Å².